The van der Waals surface area contributed by atoms with Crippen LogP contribution < -0.4 is 15.4 Å². The van der Waals surface area contributed by atoms with Crippen molar-refractivity contribution >= 4 is 28.3 Å². The van der Waals surface area contributed by atoms with Crippen LogP contribution in [0.2, 0.25) is 0 Å². The molecule has 1 heterocycles. The van der Waals surface area contributed by atoms with Crippen molar-refractivity contribution in [2.45, 2.75) is 30.0 Å². The summed E-state index contributed by atoms with van der Waals surface area (Å²) >= 11 is 0. The molecule has 1 aromatic carbocycles. The summed E-state index contributed by atoms with van der Waals surface area (Å²) in [5.74, 6) is -0.916. The van der Waals surface area contributed by atoms with Gasteiger partial charge in [-0.3, -0.25) is 4.79 Å². The smallest absolute Gasteiger partial charge is 0.343 e. The minimum Gasteiger partial charge on any atom is -0.343 e. The lowest BCUT2D eigenvalue weighted by atomic mass is 10.1. The molecule has 0 aliphatic carbocycles. The monoisotopic (exact) mass is 401 g/mol. The van der Waals surface area contributed by atoms with Crippen LogP contribution in [0.15, 0.2) is 29.2 Å². The topological polar surface area (TPSA) is 87.3 Å². The van der Waals surface area contributed by atoms with Crippen LogP contribution in [0.1, 0.15) is 23.2 Å². The summed E-state index contributed by atoms with van der Waals surface area (Å²) in [5.41, 5.74) is -0.0440. The number of rotatable bonds is 5. The highest BCUT2D eigenvalue weighted by atomic mass is 35.5. The van der Waals surface area contributed by atoms with Crippen LogP contribution >= 0.6 is 12.4 Å². The van der Waals surface area contributed by atoms with Gasteiger partial charge in [-0.25, -0.2) is 13.1 Å². The predicted molar refractivity (Wildman–Crippen MR) is 88.3 cm³/mol. The Morgan fingerprint density at radius 2 is 1.88 bits per heavy atom. The van der Waals surface area contributed by atoms with Crippen LogP contribution in [0.5, 0.6) is 0 Å². The second kappa shape index (κ2) is 8.84. The molecule has 1 amide bonds. The van der Waals surface area contributed by atoms with Gasteiger partial charge in [0.25, 0.3) is 5.91 Å². The Bertz CT molecular complexity index is 675. The molecule has 1 unspecified atom stereocenters. The molecule has 11 heteroatoms. The van der Waals surface area contributed by atoms with Crippen molar-refractivity contribution in [3.8, 4) is 0 Å². The van der Waals surface area contributed by atoms with E-state index in [0.717, 1.165) is 19.4 Å². The summed E-state index contributed by atoms with van der Waals surface area (Å²) in [7, 11) is -3.74. The van der Waals surface area contributed by atoms with E-state index in [2.05, 4.69) is 10.0 Å². The average molecular weight is 402 g/mol. The largest absolute Gasteiger partial charge is 0.405 e. The normalized spacial score (nSPS) is 18.3. The third-order valence-corrected chi connectivity index (χ3v) is 5.03. The van der Waals surface area contributed by atoms with Gasteiger partial charge in [-0.1, -0.05) is 0 Å². The van der Waals surface area contributed by atoms with E-state index in [4.69, 9.17) is 0 Å². The fourth-order valence-electron chi connectivity index (χ4n) is 2.31. The summed E-state index contributed by atoms with van der Waals surface area (Å²) in [6.07, 6.45) is -2.91. The molecule has 1 atom stereocenters. The van der Waals surface area contributed by atoms with Crippen molar-refractivity contribution in [3.05, 3.63) is 29.8 Å². The highest BCUT2D eigenvalue weighted by Gasteiger charge is 2.28. The van der Waals surface area contributed by atoms with Gasteiger partial charge in [0, 0.05) is 18.2 Å². The minimum atomic E-state index is -4.50. The van der Waals surface area contributed by atoms with Crippen molar-refractivity contribution in [1.82, 2.24) is 15.4 Å². The van der Waals surface area contributed by atoms with E-state index in [9.17, 15) is 26.4 Å². The van der Waals surface area contributed by atoms with Gasteiger partial charge in [-0.15, -0.1) is 12.4 Å². The van der Waals surface area contributed by atoms with Gasteiger partial charge in [-0.2, -0.15) is 13.2 Å². The van der Waals surface area contributed by atoms with Crippen LogP contribution in [0.4, 0.5) is 13.2 Å². The number of piperidine rings is 1. The number of nitrogens with one attached hydrogen (secondary N) is 3. The molecule has 1 fully saturated rings. The number of carbonyl (C=O) groups is 1. The van der Waals surface area contributed by atoms with Gasteiger partial charge in [-0.05, 0) is 43.7 Å². The van der Waals surface area contributed by atoms with E-state index in [-0.39, 0.29) is 28.9 Å². The Labute approximate surface area is 150 Å². The third kappa shape index (κ3) is 6.81. The average Bonchev–Trinajstić information content (AvgIpc) is 2.52. The molecule has 1 saturated heterocycles. The lowest BCUT2D eigenvalue weighted by molar-refractivity contribution is -0.123. The van der Waals surface area contributed by atoms with Gasteiger partial charge in [0.2, 0.25) is 10.0 Å². The first-order valence-corrected chi connectivity index (χ1v) is 8.84. The van der Waals surface area contributed by atoms with Crippen LogP contribution in [-0.2, 0) is 10.0 Å². The van der Waals surface area contributed by atoms with Gasteiger partial charge >= 0.3 is 6.18 Å². The number of alkyl halides is 3. The first-order chi connectivity index (χ1) is 11.2. The van der Waals surface area contributed by atoms with E-state index in [1.54, 1.807) is 5.32 Å². The molecule has 1 aliphatic rings. The predicted octanol–water partition coefficient (Wildman–Crippen LogP) is 1.43. The van der Waals surface area contributed by atoms with Crippen LogP contribution in [0.3, 0.4) is 0 Å². The molecular formula is C14H19ClF3N3O3S. The molecule has 1 aromatic rings. The van der Waals surface area contributed by atoms with Crippen molar-refractivity contribution < 1.29 is 26.4 Å². The van der Waals surface area contributed by atoms with E-state index in [1.165, 1.54) is 24.3 Å². The summed E-state index contributed by atoms with van der Waals surface area (Å²) < 4.78 is 63.3. The molecule has 1 aliphatic heterocycles. The maximum atomic E-state index is 12.3. The summed E-state index contributed by atoms with van der Waals surface area (Å²) in [6.45, 7) is -0.0563. The molecule has 0 radical (unpaired) electrons. The summed E-state index contributed by atoms with van der Waals surface area (Å²) in [4.78, 5) is 11.5. The Morgan fingerprint density at radius 3 is 2.40 bits per heavy atom. The van der Waals surface area contributed by atoms with E-state index < -0.39 is 28.7 Å². The van der Waals surface area contributed by atoms with Crippen LogP contribution in [0, 0.1) is 0 Å². The number of benzene rings is 1. The zero-order valence-electron chi connectivity index (χ0n) is 13.1. The Balaban J connectivity index is 0.00000312. The van der Waals surface area contributed by atoms with Crippen LogP contribution in [-0.4, -0.2) is 46.2 Å². The molecule has 6 nitrogen and oxygen atoms in total. The number of halogens is 4. The Kier molecular flexibility index (Phi) is 7.66. The van der Waals surface area contributed by atoms with Crippen molar-refractivity contribution in [2.75, 3.05) is 19.6 Å². The SMILES string of the molecule is Cl.O=C(NCC(F)(F)F)c1ccc(S(=O)(=O)NC2CCCNC2)cc1. The zero-order chi connectivity index (χ0) is 17.8. The number of amides is 1. The molecule has 3 N–H and O–H groups in total. The van der Waals surface area contributed by atoms with Crippen molar-refractivity contribution in [2.24, 2.45) is 0 Å². The van der Waals surface area contributed by atoms with Gasteiger partial charge in [0.05, 0.1) is 4.90 Å². The fourth-order valence-corrected chi connectivity index (χ4v) is 3.58. The van der Waals surface area contributed by atoms with Gasteiger partial charge in [0.1, 0.15) is 6.54 Å². The maximum absolute atomic E-state index is 12.3. The molecular weight excluding hydrogens is 383 g/mol. The number of hydrogen-bond donors (Lipinski definition) is 3. The summed E-state index contributed by atoms with van der Waals surface area (Å²) in [5, 5.41) is 4.81. The fraction of sp³-hybridized carbons (Fsp3) is 0.500. The van der Waals surface area contributed by atoms with Crippen molar-refractivity contribution in [1.29, 1.82) is 0 Å². The number of carbonyl (C=O) groups excluding carboxylic acids is 1. The second-order valence-electron chi connectivity index (χ2n) is 5.49. The van der Waals surface area contributed by atoms with E-state index in [1.807, 2.05) is 0 Å². The number of sulfonamides is 1. The first-order valence-electron chi connectivity index (χ1n) is 7.35. The molecule has 0 aromatic heterocycles. The zero-order valence-corrected chi connectivity index (χ0v) is 14.7. The second-order valence-corrected chi connectivity index (χ2v) is 7.20. The molecule has 142 valence electrons. The maximum Gasteiger partial charge on any atom is 0.405 e. The molecule has 0 bridgehead atoms. The van der Waals surface area contributed by atoms with Crippen molar-refractivity contribution in [3.63, 3.8) is 0 Å². The minimum absolute atomic E-state index is 0. The lowest BCUT2D eigenvalue weighted by Gasteiger charge is -2.23. The molecule has 25 heavy (non-hydrogen) atoms. The quantitative estimate of drug-likeness (QED) is 0.696. The Morgan fingerprint density at radius 1 is 1.24 bits per heavy atom. The van der Waals surface area contributed by atoms with E-state index >= 15 is 0 Å². The highest BCUT2D eigenvalue weighted by molar-refractivity contribution is 7.89. The van der Waals surface area contributed by atoms with Gasteiger partial charge < -0.3 is 10.6 Å². The third-order valence-electron chi connectivity index (χ3n) is 3.49. The first kappa shape index (κ1) is 21.7. The number of hydrogen-bond acceptors (Lipinski definition) is 4. The standard InChI is InChI=1S/C14H18F3N3O3S.ClH/c15-14(16,17)9-19-13(21)10-3-5-12(6-4-10)24(22,23)20-11-2-1-7-18-8-11;/h3-6,11,18,20H,1-2,7-9H2,(H,19,21);1H. The summed E-state index contributed by atoms with van der Waals surface area (Å²) in [6, 6.07) is 4.54. The highest BCUT2D eigenvalue weighted by Crippen LogP contribution is 2.15. The Hall–Kier alpha value is -1.36. The molecule has 0 saturated carbocycles. The lowest BCUT2D eigenvalue weighted by Crippen LogP contribution is -2.45. The molecule has 0 spiro atoms. The van der Waals surface area contributed by atoms with Crippen LogP contribution in [0.25, 0.3) is 0 Å². The van der Waals surface area contributed by atoms with E-state index in [0.29, 0.717) is 6.54 Å². The molecule has 2 rings (SSSR count). The van der Waals surface area contributed by atoms with Gasteiger partial charge in [0.15, 0.2) is 0 Å².